The number of anilines is 1. The van der Waals surface area contributed by atoms with Crippen LogP contribution in [0.5, 0.6) is 5.75 Å². The van der Waals surface area contributed by atoms with E-state index >= 15 is 0 Å². The number of rotatable bonds is 7. The quantitative estimate of drug-likeness (QED) is 0.319. The Morgan fingerprint density at radius 3 is 2.47 bits per heavy atom. The lowest BCUT2D eigenvalue weighted by atomic mass is 9.97. The van der Waals surface area contributed by atoms with Crippen molar-refractivity contribution < 1.29 is 13.2 Å². The van der Waals surface area contributed by atoms with Crippen molar-refractivity contribution in [3.63, 3.8) is 0 Å². The summed E-state index contributed by atoms with van der Waals surface area (Å²) >= 11 is 0. The van der Waals surface area contributed by atoms with E-state index in [0.29, 0.717) is 23.6 Å². The van der Waals surface area contributed by atoms with E-state index in [-0.39, 0.29) is 4.90 Å². The van der Waals surface area contributed by atoms with Gasteiger partial charge < -0.3 is 10.1 Å². The summed E-state index contributed by atoms with van der Waals surface area (Å²) in [5.41, 5.74) is 4.28. The molecule has 0 fully saturated rings. The SMILES string of the molecule is COc1cccc(CNc2nc(-c3cncc(S(N)(=O)=O)c3)cc3cccc(-c4ccccc4)c23)c1. The second-order valence-corrected chi connectivity index (χ2v) is 9.85. The van der Waals surface area contributed by atoms with E-state index in [2.05, 4.69) is 28.5 Å². The highest BCUT2D eigenvalue weighted by molar-refractivity contribution is 7.89. The van der Waals surface area contributed by atoms with Gasteiger partial charge in [-0.1, -0.05) is 60.7 Å². The van der Waals surface area contributed by atoms with Crippen LogP contribution in [0.3, 0.4) is 0 Å². The number of nitrogens with zero attached hydrogens (tertiary/aromatic N) is 2. The van der Waals surface area contributed by atoms with Crippen molar-refractivity contribution in [2.24, 2.45) is 5.14 Å². The van der Waals surface area contributed by atoms with Crippen molar-refractivity contribution in [1.29, 1.82) is 0 Å². The number of sulfonamides is 1. The lowest BCUT2D eigenvalue weighted by molar-refractivity contribution is 0.414. The Labute approximate surface area is 209 Å². The van der Waals surface area contributed by atoms with Gasteiger partial charge in [-0.2, -0.15) is 0 Å². The van der Waals surface area contributed by atoms with E-state index < -0.39 is 10.0 Å². The smallest absolute Gasteiger partial charge is 0.239 e. The van der Waals surface area contributed by atoms with Gasteiger partial charge in [-0.15, -0.1) is 0 Å². The predicted octanol–water partition coefficient (Wildman–Crippen LogP) is 5.23. The van der Waals surface area contributed by atoms with Gasteiger partial charge in [0.15, 0.2) is 0 Å². The fourth-order valence-corrected chi connectivity index (χ4v) is 4.63. The highest BCUT2D eigenvalue weighted by Gasteiger charge is 2.15. The molecular formula is C28H24N4O3S. The van der Waals surface area contributed by atoms with Crippen LogP contribution >= 0.6 is 0 Å². The molecule has 0 aliphatic heterocycles. The van der Waals surface area contributed by atoms with E-state index in [4.69, 9.17) is 14.9 Å². The van der Waals surface area contributed by atoms with Crippen LogP contribution in [0.4, 0.5) is 5.82 Å². The normalized spacial score (nSPS) is 11.4. The van der Waals surface area contributed by atoms with Crippen LogP contribution in [0.2, 0.25) is 0 Å². The van der Waals surface area contributed by atoms with Crippen LogP contribution in [0.15, 0.2) is 102 Å². The average molecular weight is 497 g/mol. The lowest BCUT2D eigenvalue weighted by Crippen LogP contribution is -2.12. The lowest BCUT2D eigenvalue weighted by Gasteiger charge is -2.16. The summed E-state index contributed by atoms with van der Waals surface area (Å²) in [5, 5.41) is 10.7. The molecule has 0 aliphatic carbocycles. The van der Waals surface area contributed by atoms with Gasteiger partial charge in [-0.25, -0.2) is 18.5 Å². The molecule has 0 bridgehead atoms. The van der Waals surface area contributed by atoms with Crippen molar-refractivity contribution >= 4 is 26.6 Å². The fourth-order valence-electron chi connectivity index (χ4n) is 4.13. The minimum Gasteiger partial charge on any atom is -0.497 e. The van der Waals surface area contributed by atoms with Crippen molar-refractivity contribution in [3.05, 3.63) is 103 Å². The zero-order valence-electron chi connectivity index (χ0n) is 19.5. The average Bonchev–Trinajstić information content (AvgIpc) is 2.91. The number of fused-ring (bicyclic) bond motifs is 1. The molecule has 5 aromatic rings. The first kappa shape index (κ1) is 23.5. The molecule has 0 spiro atoms. The van der Waals surface area contributed by atoms with Gasteiger partial charge in [0, 0.05) is 29.9 Å². The van der Waals surface area contributed by atoms with Crippen LogP contribution in [0.1, 0.15) is 5.56 Å². The van der Waals surface area contributed by atoms with Gasteiger partial charge in [-0.05, 0) is 46.3 Å². The second-order valence-electron chi connectivity index (χ2n) is 8.29. The van der Waals surface area contributed by atoms with Crippen molar-refractivity contribution in [2.45, 2.75) is 11.4 Å². The summed E-state index contributed by atoms with van der Waals surface area (Å²) in [6.07, 6.45) is 2.81. The first-order valence-electron chi connectivity index (χ1n) is 11.3. The molecule has 0 amide bonds. The fraction of sp³-hybridized carbons (Fsp3) is 0.0714. The minimum absolute atomic E-state index is 0.0641. The van der Waals surface area contributed by atoms with Crippen LogP contribution in [-0.4, -0.2) is 25.5 Å². The van der Waals surface area contributed by atoms with Gasteiger partial charge in [-0.3, -0.25) is 4.98 Å². The number of benzene rings is 3. The van der Waals surface area contributed by atoms with Gasteiger partial charge >= 0.3 is 0 Å². The molecule has 0 saturated heterocycles. The first-order chi connectivity index (χ1) is 17.4. The van der Waals surface area contributed by atoms with E-state index in [1.54, 1.807) is 13.3 Å². The molecule has 36 heavy (non-hydrogen) atoms. The minimum atomic E-state index is -3.90. The monoisotopic (exact) mass is 496 g/mol. The molecule has 5 rings (SSSR count). The molecule has 2 aromatic heterocycles. The van der Waals surface area contributed by atoms with E-state index in [1.807, 2.05) is 60.7 Å². The molecule has 2 heterocycles. The largest absolute Gasteiger partial charge is 0.497 e. The van der Waals surface area contributed by atoms with Crippen LogP contribution in [0.25, 0.3) is 33.2 Å². The van der Waals surface area contributed by atoms with E-state index in [0.717, 1.165) is 33.2 Å². The molecule has 0 saturated carbocycles. The highest BCUT2D eigenvalue weighted by Crippen LogP contribution is 2.36. The number of nitrogens with two attached hydrogens (primary N) is 1. The Hall–Kier alpha value is -4.27. The molecule has 8 heteroatoms. The molecule has 3 N–H and O–H groups in total. The Kier molecular flexibility index (Phi) is 6.37. The molecule has 0 atom stereocenters. The number of nitrogens with one attached hydrogen (secondary N) is 1. The third kappa shape index (κ3) is 4.91. The van der Waals surface area contributed by atoms with Gasteiger partial charge in [0.2, 0.25) is 10.0 Å². The van der Waals surface area contributed by atoms with Gasteiger partial charge in [0.1, 0.15) is 16.5 Å². The number of primary sulfonamides is 1. The maximum absolute atomic E-state index is 11.9. The van der Waals surface area contributed by atoms with E-state index in [1.165, 1.54) is 12.3 Å². The summed E-state index contributed by atoms with van der Waals surface area (Å²) in [6, 6.07) is 27.4. The summed E-state index contributed by atoms with van der Waals surface area (Å²) in [5.74, 6) is 1.45. The molecule has 7 nitrogen and oxygen atoms in total. The standard InChI is InChI=1S/C28H24N4O3S/c1-35-23-11-5-7-19(13-23)16-31-28-27-21(10-6-12-25(27)20-8-3-2-4-9-20)15-26(32-28)22-14-24(18-30-17-22)36(29,33)34/h2-15,17-18H,16H2,1H3,(H,31,32)(H2,29,33,34). The van der Waals surface area contributed by atoms with Crippen molar-refractivity contribution in [1.82, 2.24) is 9.97 Å². The molecule has 3 aromatic carbocycles. The number of methoxy groups -OCH3 is 1. The Morgan fingerprint density at radius 1 is 0.889 bits per heavy atom. The third-order valence-electron chi connectivity index (χ3n) is 5.87. The van der Waals surface area contributed by atoms with Crippen LogP contribution < -0.4 is 15.2 Å². The predicted molar refractivity (Wildman–Crippen MR) is 142 cm³/mol. The summed E-state index contributed by atoms with van der Waals surface area (Å²) in [7, 11) is -2.26. The highest BCUT2D eigenvalue weighted by atomic mass is 32.2. The third-order valence-corrected chi connectivity index (χ3v) is 6.75. The maximum atomic E-state index is 11.9. The zero-order chi connectivity index (χ0) is 25.1. The Balaban J connectivity index is 1.67. The molecule has 0 unspecified atom stereocenters. The maximum Gasteiger partial charge on any atom is 0.239 e. The Morgan fingerprint density at radius 2 is 1.69 bits per heavy atom. The summed E-state index contributed by atoms with van der Waals surface area (Å²) < 4.78 is 29.2. The molecular weight excluding hydrogens is 472 g/mol. The molecule has 0 aliphatic rings. The number of ether oxygens (including phenoxy) is 1. The van der Waals surface area contributed by atoms with Crippen LogP contribution in [-0.2, 0) is 16.6 Å². The van der Waals surface area contributed by atoms with Gasteiger partial charge in [0.05, 0.1) is 12.8 Å². The zero-order valence-corrected chi connectivity index (χ0v) is 20.4. The number of hydrogen-bond donors (Lipinski definition) is 2. The first-order valence-corrected chi connectivity index (χ1v) is 12.8. The second kappa shape index (κ2) is 9.77. The summed E-state index contributed by atoms with van der Waals surface area (Å²) in [4.78, 5) is 8.94. The van der Waals surface area contributed by atoms with Crippen LogP contribution in [0, 0.1) is 0 Å². The number of hydrogen-bond acceptors (Lipinski definition) is 6. The molecule has 180 valence electrons. The topological polar surface area (TPSA) is 107 Å². The van der Waals surface area contributed by atoms with Gasteiger partial charge in [0.25, 0.3) is 0 Å². The van der Waals surface area contributed by atoms with Crippen molar-refractivity contribution in [3.8, 4) is 28.1 Å². The number of aromatic nitrogens is 2. The molecule has 0 radical (unpaired) electrons. The Bertz CT molecular complexity index is 1650. The van der Waals surface area contributed by atoms with Crippen molar-refractivity contribution in [2.75, 3.05) is 12.4 Å². The summed E-state index contributed by atoms with van der Waals surface area (Å²) in [6.45, 7) is 0.515. The van der Waals surface area contributed by atoms with E-state index in [9.17, 15) is 8.42 Å². The number of pyridine rings is 2.